The Labute approximate surface area is 159 Å². The Balaban J connectivity index is 1.72. The summed E-state index contributed by atoms with van der Waals surface area (Å²) in [5.74, 6) is -0.147. The molecule has 142 valence electrons. The quantitative estimate of drug-likeness (QED) is 0.776. The Morgan fingerprint density at radius 2 is 2.08 bits per heavy atom. The fourth-order valence-corrected chi connectivity index (χ4v) is 4.38. The van der Waals surface area contributed by atoms with Crippen LogP contribution in [0.1, 0.15) is 24.2 Å². The summed E-state index contributed by atoms with van der Waals surface area (Å²) in [5.41, 5.74) is 4.68. The molecule has 2 aromatic rings. The molecule has 0 atom stereocenters. The van der Waals surface area contributed by atoms with Crippen molar-refractivity contribution in [2.24, 2.45) is 0 Å². The van der Waals surface area contributed by atoms with E-state index in [1.54, 1.807) is 16.2 Å². The van der Waals surface area contributed by atoms with Gasteiger partial charge < -0.3 is 19.1 Å². The van der Waals surface area contributed by atoms with Gasteiger partial charge in [-0.1, -0.05) is 0 Å². The number of nitrogens with zero attached hydrogens (tertiary/aromatic N) is 3. The zero-order valence-electron chi connectivity index (χ0n) is 16.2. The summed E-state index contributed by atoms with van der Waals surface area (Å²) in [6.07, 6.45) is 1.24. The van der Waals surface area contributed by atoms with Crippen LogP contribution in [0, 0.1) is 13.8 Å². The van der Waals surface area contributed by atoms with E-state index in [1.165, 1.54) is 37.2 Å². The minimum absolute atomic E-state index is 0.147. The molecule has 0 radical (unpaired) electrons. The lowest BCUT2D eigenvalue weighted by Gasteiger charge is -2.29. The van der Waals surface area contributed by atoms with Gasteiger partial charge in [0.05, 0.1) is 46.0 Å². The fraction of sp³-hybridized carbons (Fsp3) is 0.579. The number of esters is 1. The normalized spacial score (nSPS) is 15.5. The van der Waals surface area contributed by atoms with Crippen molar-refractivity contribution in [3.63, 3.8) is 0 Å². The maximum absolute atomic E-state index is 11.3. The highest BCUT2D eigenvalue weighted by molar-refractivity contribution is 7.14. The number of carbonyl (C=O) groups is 1. The minimum atomic E-state index is -0.147. The summed E-state index contributed by atoms with van der Waals surface area (Å²) in [4.78, 5) is 20.2. The molecule has 0 aliphatic carbocycles. The van der Waals surface area contributed by atoms with Gasteiger partial charge in [-0.15, -0.1) is 11.3 Å². The molecule has 2 aromatic heterocycles. The number of ether oxygens (including phenoxy) is 1. The fourth-order valence-electron chi connectivity index (χ4n) is 3.50. The predicted octanol–water partition coefficient (Wildman–Crippen LogP) is 1.52. The van der Waals surface area contributed by atoms with Crippen LogP contribution in [0.4, 0.5) is 5.13 Å². The predicted molar refractivity (Wildman–Crippen MR) is 105 cm³/mol. The van der Waals surface area contributed by atoms with Crippen LogP contribution in [-0.2, 0) is 16.1 Å². The van der Waals surface area contributed by atoms with Gasteiger partial charge in [0.1, 0.15) is 0 Å². The Bertz CT molecular complexity index is 760. The molecule has 1 N–H and O–H groups in total. The van der Waals surface area contributed by atoms with Crippen LogP contribution in [0.2, 0.25) is 0 Å². The number of aromatic nitrogens is 2. The van der Waals surface area contributed by atoms with Crippen LogP contribution in [-0.4, -0.2) is 55.9 Å². The maximum atomic E-state index is 11.3. The number of likely N-dealkylation sites (N-methyl/N-ethyl adjacent to an activating group) is 1. The molecule has 1 saturated heterocycles. The number of quaternary nitrogens is 1. The van der Waals surface area contributed by atoms with Gasteiger partial charge in [0.15, 0.2) is 5.13 Å². The second-order valence-corrected chi connectivity index (χ2v) is 7.91. The topological polar surface area (TPSA) is 51.8 Å². The van der Waals surface area contributed by atoms with Gasteiger partial charge in [0.25, 0.3) is 0 Å². The van der Waals surface area contributed by atoms with E-state index in [-0.39, 0.29) is 5.97 Å². The summed E-state index contributed by atoms with van der Waals surface area (Å²) >= 11 is 1.74. The molecule has 0 aromatic carbocycles. The van der Waals surface area contributed by atoms with Crippen molar-refractivity contribution in [2.45, 2.75) is 33.2 Å². The van der Waals surface area contributed by atoms with E-state index in [0.717, 1.165) is 36.9 Å². The number of thiazole rings is 1. The molecule has 3 rings (SSSR count). The smallest absolute Gasteiger partial charge is 0.305 e. The first-order chi connectivity index (χ1) is 12.5. The minimum Gasteiger partial charge on any atom is -0.469 e. The van der Waals surface area contributed by atoms with Crippen molar-refractivity contribution in [1.82, 2.24) is 9.55 Å². The van der Waals surface area contributed by atoms with Gasteiger partial charge in [-0.2, -0.15) is 0 Å². The molecule has 0 saturated carbocycles. The summed E-state index contributed by atoms with van der Waals surface area (Å²) in [6.45, 7) is 9.57. The average Bonchev–Trinajstić information content (AvgIpc) is 3.22. The van der Waals surface area contributed by atoms with Crippen molar-refractivity contribution in [3.05, 3.63) is 22.8 Å². The number of hydrogen-bond donors (Lipinski definition) is 1. The van der Waals surface area contributed by atoms with Crippen molar-refractivity contribution in [3.8, 4) is 11.3 Å². The number of anilines is 1. The third-order valence-electron chi connectivity index (χ3n) is 5.22. The molecule has 0 spiro atoms. The van der Waals surface area contributed by atoms with Crippen LogP contribution in [0.5, 0.6) is 0 Å². The second kappa shape index (κ2) is 8.22. The lowest BCUT2D eigenvalue weighted by atomic mass is 10.2. The number of carbonyl (C=O) groups excluding carboxylic acids is 1. The summed E-state index contributed by atoms with van der Waals surface area (Å²) < 4.78 is 7.00. The first kappa shape index (κ1) is 18.9. The van der Waals surface area contributed by atoms with Gasteiger partial charge in [-0.25, -0.2) is 4.98 Å². The van der Waals surface area contributed by atoms with Crippen LogP contribution in [0.25, 0.3) is 11.3 Å². The van der Waals surface area contributed by atoms with Gasteiger partial charge >= 0.3 is 5.97 Å². The van der Waals surface area contributed by atoms with E-state index >= 15 is 0 Å². The number of rotatable bonds is 6. The molecule has 26 heavy (non-hydrogen) atoms. The van der Waals surface area contributed by atoms with Crippen LogP contribution < -0.4 is 9.80 Å². The molecule has 6 nitrogen and oxygen atoms in total. The zero-order valence-corrected chi connectivity index (χ0v) is 17.0. The van der Waals surface area contributed by atoms with Gasteiger partial charge in [0, 0.05) is 35.3 Å². The molecule has 0 unspecified atom stereocenters. The van der Waals surface area contributed by atoms with Gasteiger partial charge in [0.2, 0.25) is 0 Å². The summed E-state index contributed by atoms with van der Waals surface area (Å²) in [6, 6.07) is 2.21. The molecule has 0 amide bonds. The average molecular weight is 378 g/mol. The third-order valence-corrected chi connectivity index (χ3v) is 6.12. The number of nitrogens with one attached hydrogen (secondary N) is 1. The zero-order chi connectivity index (χ0) is 18.7. The monoisotopic (exact) mass is 377 g/mol. The molecule has 1 aliphatic rings. The van der Waals surface area contributed by atoms with E-state index in [1.807, 2.05) is 0 Å². The number of piperazine rings is 1. The van der Waals surface area contributed by atoms with Crippen molar-refractivity contribution < 1.29 is 14.4 Å². The Morgan fingerprint density at radius 1 is 1.35 bits per heavy atom. The lowest BCUT2D eigenvalue weighted by molar-refractivity contribution is -0.880. The Hall–Kier alpha value is -1.86. The van der Waals surface area contributed by atoms with Crippen LogP contribution >= 0.6 is 11.3 Å². The Kier molecular flexibility index (Phi) is 5.98. The maximum Gasteiger partial charge on any atom is 0.305 e. The number of aryl methyl sites for hydroxylation is 1. The first-order valence-corrected chi connectivity index (χ1v) is 10.1. The largest absolute Gasteiger partial charge is 0.469 e. The molecule has 1 fully saturated rings. The summed E-state index contributed by atoms with van der Waals surface area (Å²) in [5, 5.41) is 3.30. The number of hydrogen-bond acceptors (Lipinski definition) is 5. The van der Waals surface area contributed by atoms with E-state index < -0.39 is 0 Å². The summed E-state index contributed by atoms with van der Waals surface area (Å²) in [7, 11) is 3.69. The van der Waals surface area contributed by atoms with Crippen molar-refractivity contribution in [1.29, 1.82) is 0 Å². The molecule has 7 heteroatoms. The highest BCUT2D eigenvalue weighted by Gasteiger charge is 2.21. The highest BCUT2D eigenvalue weighted by atomic mass is 32.1. The lowest BCUT2D eigenvalue weighted by Crippen LogP contribution is -3.12. The SMILES string of the molecule is COC(=O)CCCn1c(C)cc(-c2csc(N3CC[NH+](C)CC3)n2)c1C. The standard InChI is InChI=1S/C19H28N4O2S/c1-14-12-16(15(2)23(14)7-5-6-18(24)25-4)17-13-26-19(20-17)22-10-8-21(3)9-11-22/h12-13H,5-11H2,1-4H3/p+1. The van der Waals surface area contributed by atoms with Gasteiger partial charge in [-0.3, -0.25) is 4.79 Å². The molecular weight excluding hydrogens is 348 g/mol. The second-order valence-electron chi connectivity index (χ2n) is 7.08. The molecule has 3 heterocycles. The van der Waals surface area contributed by atoms with E-state index in [2.05, 4.69) is 41.8 Å². The van der Waals surface area contributed by atoms with E-state index in [4.69, 9.17) is 9.72 Å². The third kappa shape index (κ3) is 4.10. The van der Waals surface area contributed by atoms with Gasteiger partial charge in [-0.05, 0) is 26.3 Å². The van der Waals surface area contributed by atoms with E-state index in [0.29, 0.717) is 6.42 Å². The van der Waals surface area contributed by atoms with Crippen molar-refractivity contribution in [2.75, 3.05) is 45.2 Å². The molecule has 0 bridgehead atoms. The molecule has 1 aliphatic heterocycles. The molecular formula is C19H29N4O2S+. The van der Waals surface area contributed by atoms with Crippen LogP contribution in [0.15, 0.2) is 11.4 Å². The first-order valence-electron chi connectivity index (χ1n) is 9.25. The number of methoxy groups -OCH3 is 1. The van der Waals surface area contributed by atoms with E-state index in [9.17, 15) is 4.79 Å². The highest BCUT2D eigenvalue weighted by Crippen LogP contribution is 2.31. The van der Waals surface area contributed by atoms with Crippen LogP contribution in [0.3, 0.4) is 0 Å². The van der Waals surface area contributed by atoms with Crippen molar-refractivity contribution >= 4 is 22.4 Å². The Morgan fingerprint density at radius 3 is 2.77 bits per heavy atom.